The molecule has 0 aromatic heterocycles. The van der Waals surface area contributed by atoms with Gasteiger partial charge in [-0.05, 0) is 51.4 Å². The summed E-state index contributed by atoms with van der Waals surface area (Å²) < 4.78 is 71.0. The smallest absolute Gasteiger partial charge is 0.314 e. The number of nitrogens with one attached hydrogen (secondary N) is 4. The van der Waals surface area contributed by atoms with Crippen LogP contribution < -0.4 is 31.1 Å². The molecule has 0 heterocycles. The Hall–Kier alpha value is -2.71. The van der Waals surface area contributed by atoms with Crippen molar-refractivity contribution in [2.24, 2.45) is 0 Å². The van der Waals surface area contributed by atoms with Crippen molar-refractivity contribution in [2.75, 3.05) is 65.9 Å². The number of carbonyl (C=O) groups excluding carboxylic acids is 5. The number of hydrogen-bond acceptors (Lipinski definition) is 17. The normalized spacial score (nSPS) is 13.8. The highest BCUT2D eigenvalue weighted by molar-refractivity contribution is 7.46. The van der Waals surface area contributed by atoms with E-state index in [-0.39, 0.29) is 88.3 Å². The summed E-state index contributed by atoms with van der Waals surface area (Å²) in [5.41, 5.74) is 0. The van der Waals surface area contributed by atoms with Crippen LogP contribution in [0.25, 0.3) is 0 Å². The molecule has 646 valence electrons. The summed E-state index contributed by atoms with van der Waals surface area (Å²) in [6.07, 6.45) is 63.6. The van der Waals surface area contributed by atoms with Crippen molar-refractivity contribution in [1.82, 2.24) is 21.3 Å². The molecule has 0 saturated heterocycles. The van der Waals surface area contributed by atoms with Crippen molar-refractivity contribution in [3.05, 3.63) is 0 Å². The van der Waals surface area contributed by atoms with Gasteiger partial charge in [0.15, 0.2) is 0 Å². The van der Waals surface area contributed by atoms with E-state index in [1.54, 1.807) is 0 Å². The molecule has 0 aliphatic heterocycles. The third-order valence-corrected chi connectivity index (χ3v) is 22.2. The zero-order valence-electron chi connectivity index (χ0n) is 70.8. The fourth-order valence-electron chi connectivity index (χ4n) is 13.4. The Morgan fingerprint density at radius 3 is 0.789 bits per heavy atom. The third kappa shape index (κ3) is 77.6. The molecule has 4 amide bonds. The van der Waals surface area contributed by atoms with Crippen LogP contribution >= 0.6 is 15.6 Å². The first-order chi connectivity index (χ1) is 53.0. The first kappa shape index (κ1) is 106. The molecule has 23 heteroatoms. The van der Waals surface area contributed by atoms with Gasteiger partial charge < -0.3 is 68.1 Å². The van der Waals surface area contributed by atoms with Gasteiger partial charge in [0.1, 0.15) is 12.2 Å². The van der Waals surface area contributed by atoms with Gasteiger partial charge in [0.05, 0.1) is 64.9 Å². The maximum atomic E-state index is 13.3. The van der Waals surface area contributed by atoms with Crippen LogP contribution in [0.5, 0.6) is 0 Å². The Labute approximate surface area is 666 Å². The minimum Gasteiger partial charge on any atom is -0.756 e. The van der Waals surface area contributed by atoms with Crippen LogP contribution in [0, 0.1) is 0 Å². The number of carbonyl (C=O) groups is 5. The second kappa shape index (κ2) is 80.5. The quantitative estimate of drug-likeness (QED) is 0.0250. The summed E-state index contributed by atoms with van der Waals surface area (Å²) >= 11 is 0. The van der Waals surface area contributed by atoms with Gasteiger partial charge in [-0.2, -0.15) is 0 Å². The Morgan fingerprint density at radius 1 is 0.284 bits per heavy atom. The van der Waals surface area contributed by atoms with Gasteiger partial charge in [-0.3, -0.25) is 28.3 Å². The van der Waals surface area contributed by atoms with Gasteiger partial charge in [-0.15, -0.1) is 0 Å². The van der Waals surface area contributed by atoms with E-state index in [1.807, 2.05) is 0 Å². The van der Waals surface area contributed by atoms with Crippen molar-refractivity contribution in [3.8, 4) is 0 Å². The molecule has 0 aromatic carbocycles. The summed E-state index contributed by atoms with van der Waals surface area (Å²) in [7, 11) is -9.93. The minimum atomic E-state index is -4.96. The molecule has 6 unspecified atom stereocenters. The first-order valence-corrected chi connectivity index (χ1v) is 48.3. The summed E-state index contributed by atoms with van der Waals surface area (Å²) in [6.45, 7) is 11.1. The number of esters is 2. The van der Waals surface area contributed by atoms with Gasteiger partial charge in [-0.25, -0.2) is 4.79 Å². The van der Waals surface area contributed by atoms with Crippen molar-refractivity contribution >= 4 is 45.4 Å². The Balaban J connectivity index is 5.58. The van der Waals surface area contributed by atoms with Crippen molar-refractivity contribution in [3.63, 3.8) is 0 Å². The number of phosphoric acid groups is 2. The van der Waals surface area contributed by atoms with Crippen LogP contribution in [-0.4, -0.2) is 120 Å². The molecule has 6 atom stereocenters. The summed E-state index contributed by atoms with van der Waals surface area (Å²) in [6, 6.07) is -2.45. The average molecular weight is 1590 g/mol. The van der Waals surface area contributed by atoms with E-state index < -0.39 is 60.2 Å². The Kier molecular flexibility index (Phi) is 78.5. The van der Waals surface area contributed by atoms with Gasteiger partial charge >= 0.3 is 18.0 Å². The molecule has 0 spiro atoms. The minimum absolute atomic E-state index is 0.0615. The molecule has 0 aromatic rings. The van der Waals surface area contributed by atoms with Gasteiger partial charge in [0, 0.05) is 51.6 Å². The van der Waals surface area contributed by atoms with E-state index in [4.69, 9.17) is 37.0 Å². The van der Waals surface area contributed by atoms with E-state index in [0.717, 1.165) is 141 Å². The number of hydrogen-bond donors (Lipinski definition) is 4. The van der Waals surface area contributed by atoms with E-state index in [2.05, 4.69) is 62.8 Å². The lowest BCUT2D eigenvalue weighted by atomic mass is 10.0. The number of rotatable bonds is 87. The fraction of sp³-hybridized carbons (Fsp3) is 0.942. The first-order valence-electron chi connectivity index (χ1n) is 45.4. The molecule has 0 saturated carbocycles. The van der Waals surface area contributed by atoms with E-state index in [0.29, 0.717) is 51.4 Å². The molecule has 0 radical (unpaired) electrons. The summed E-state index contributed by atoms with van der Waals surface area (Å²) in [5.74, 6) is -0.906. The Bertz CT molecular complexity index is 2160. The van der Waals surface area contributed by atoms with Crippen LogP contribution in [0.2, 0.25) is 0 Å². The summed E-state index contributed by atoms with van der Waals surface area (Å²) in [4.78, 5) is 91.6. The SMILES string of the molecule is CCCCCCCCCCCCCCC(=O)NC(COCCC(CCCCCCC)OC(=O)CCCCCCCCCCCC)COP(=O)([O-])OCCNC(=O)NCCOP(=O)([O-])OCC(COCCC(CCCCCCC)OC(=O)CCCCCCCCCCCC)NC(=O)CCCCCCCCCCCCC. The van der Waals surface area contributed by atoms with Crippen LogP contribution in [0.15, 0.2) is 0 Å². The number of phosphoric ester groups is 2. The predicted octanol–water partition coefficient (Wildman–Crippen LogP) is 22.0. The second-order valence-electron chi connectivity index (χ2n) is 31.0. The predicted molar refractivity (Wildman–Crippen MR) is 441 cm³/mol. The molecule has 21 nitrogen and oxygen atoms in total. The summed E-state index contributed by atoms with van der Waals surface area (Å²) in [5, 5.41) is 10.7. The lowest BCUT2D eigenvalue weighted by Crippen LogP contribution is -2.42. The standard InChI is InChI=1S/C86H170N4O17P2/c1-7-13-19-25-29-33-37-39-41-45-51-57-63-83(92)90-79(75-101-71-67-81(61-55-49-24-18-12-6)107-85(94)65-59-53-47-43-36-32-28-22-16-10-4)77-105-109(98,99)103-73-69-88-86(95)87-68-72-102-108(96,97)104-76-78(89-82(91)62-56-50-44-40-38-34-30-26-20-14-8-2)74-100-70-66-80(60-54-48-23-17-11-5)106-84(93)64-58-52-46-42-35-31-27-21-15-9-3/h78-81H,7-77H2,1-6H3,(H,89,91)(H,90,92)(H,96,97)(H,98,99)(H2,87,88,95)/p-2. The topological polar surface area (TPSA) is 288 Å². The molecule has 4 N–H and O–H groups in total. The second-order valence-corrected chi connectivity index (χ2v) is 33.8. The third-order valence-electron chi connectivity index (χ3n) is 20.3. The zero-order chi connectivity index (χ0) is 79.9. The maximum absolute atomic E-state index is 13.3. The number of amides is 4. The molecule has 0 bridgehead atoms. The zero-order valence-corrected chi connectivity index (χ0v) is 72.6. The van der Waals surface area contributed by atoms with Crippen LogP contribution in [0.4, 0.5) is 4.79 Å². The average Bonchev–Trinajstić information content (AvgIpc) is 0.916. The van der Waals surface area contributed by atoms with Crippen LogP contribution in [0.3, 0.4) is 0 Å². The van der Waals surface area contributed by atoms with E-state index >= 15 is 0 Å². The van der Waals surface area contributed by atoms with Crippen molar-refractivity contribution in [2.45, 2.75) is 458 Å². The highest BCUT2D eigenvalue weighted by Gasteiger charge is 2.23. The highest BCUT2D eigenvalue weighted by atomic mass is 31.2. The van der Waals surface area contributed by atoms with E-state index in [9.17, 15) is 42.9 Å². The number of unbranched alkanes of at least 4 members (excludes halogenated alkanes) is 47. The van der Waals surface area contributed by atoms with Crippen molar-refractivity contribution in [1.29, 1.82) is 0 Å². The molecular weight excluding hydrogens is 1420 g/mol. The largest absolute Gasteiger partial charge is 0.756 e. The monoisotopic (exact) mass is 1590 g/mol. The molecule has 109 heavy (non-hydrogen) atoms. The molecule has 0 aliphatic carbocycles. The van der Waals surface area contributed by atoms with Gasteiger partial charge in [0.25, 0.3) is 15.6 Å². The fourth-order valence-corrected chi connectivity index (χ4v) is 14.9. The lowest BCUT2D eigenvalue weighted by Gasteiger charge is -2.26. The molecule has 0 rings (SSSR count). The molecule has 0 aliphatic rings. The van der Waals surface area contributed by atoms with Crippen LogP contribution in [-0.2, 0) is 65.4 Å². The maximum Gasteiger partial charge on any atom is 0.314 e. The van der Waals surface area contributed by atoms with E-state index in [1.165, 1.54) is 186 Å². The number of urea groups is 1. The van der Waals surface area contributed by atoms with Gasteiger partial charge in [0.2, 0.25) is 11.8 Å². The van der Waals surface area contributed by atoms with Crippen LogP contribution in [0.1, 0.15) is 433 Å². The molecule has 0 fully saturated rings. The Morgan fingerprint density at radius 2 is 0.523 bits per heavy atom. The molecular formula is C86H168N4O17P2-2. The number of ether oxygens (including phenoxy) is 4. The van der Waals surface area contributed by atoms with Crippen molar-refractivity contribution < 1.29 is 79.9 Å². The lowest BCUT2D eigenvalue weighted by molar-refractivity contribution is -0.227. The highest BCUT2D eigenvalue weighted by Crippen LogP contribution is 2.39. The van der Waals surface area contributed by atoms with Gasteiger partial charge in [-0.1, -0.05) is 343 Å².